The number of rotatable bonds is 4. The van der Waals surface area contributed by atoms with E-state index in [1.54, 1.807) is 18.2 Å². The average Bonchev–Trinajstić information content (AvgIpc) is 2.42. The van der Waals surface area contributed by atoms with Crippen LogP contribution in [0.3, 0.4) is 0 Å². The molecule has 0 saturated carbocycles. The number of hydrogen-bond donors (Lipinski definition) is 2. The maximum atomic E-state index is 11.6. The van der Waals surface area contributed by atoms with Gasteiger partial charge in [-0.15, -0.1) is 0 Å². The molecule has 1 aliphatic rings. The molecule has 0 atom stereocenters. The largest absolute Gasteiger partial charge is 0.492 e. The predicted molar refractivity (Wildman–Crippen MR) is 76.9 cm³/mol. The zero-order chi connectivity index (χ0) is 15.4. The first kappa shape index (κ1) is 15.1. The second kappa shape index (κ2) is 6.41. The fourth-order valence-electron chi connectivity index (χ4n) is 1.71. The zero-order valence-electron chi connectivity index (χ0n) is 11.2. The van der Waals surface area contributed by atoms with Gasteiger partial charge in [0.05, 0.1) is 11.6 Å². The minimum atomic E-state index is -0.830. The number of amides is 4. The molecular formula is C14H13ClN2O4. The first-order chi connectivity index (χ1) is 10.0. The highest BCUT2D eigenvalue weighted by molar-refractivity contribution is 6.33. The van der Waals surface area contributed by atoms with Gasteiger partial charge in [-0.25, -0.2) is 4.79 Å². The van der Waals surface area contributed by atoms with Crippen molar-refractivity contribution in [1.29, 1.82) is 0 Å². The van der Waals surface area contributed by atoms with Crippen LogP contribution in [0.15, 0.2) is 23.8 Å². The summed E-state index contributed by atoms with van der Waals surface area (Å²) in [7, 11) is 0. The van der Waals surface area contributed by atoms with E-state index < -0.39 is 17.8 Å². The highest BCUT2D eigenvalue weighted by atomic mass is 35.5. The van der Waals surface area contributed by atoms with Gasteiger partial charge in [0.2, 0.25) is 0 Å². The SMILES string of the molecule is CCCOc1ccc(C=C2C(=O)NC(=O)NC2=O)cc1Cl. The molecule has 110 valence electrons. The molecular weight excluding hydrogens is 296 g/mol. The van der Waals surface area contributed by atoms with Crippen molar-refractivity contribution in [1.82, 2.24) is 10.6 Å². The molecule has 1 aliphatic heterocycles. The van der Waals surface area contributed by atoms with Crippen molar-refractivity contribution in [2.24, 2.45) is 0 Å². The normalized spacial score (nSPS) is 14.6. The Morgan fingerprint density at radius 3 is 2.43 bits per heavy atom. The Kier molecular flexibility index (Phi) is 4.59. The molecule has 1 aromatic rings. The number of hydrogen-bond acceptors (Lipinski definition) is 4. The Labute approximate surface area is 126 Å². The number of imide groups is 2. The standard InChI is InChI=1S/C14H13ClN2O4/c1-2-5-21-11-4-3-8(7-10(11)15)6-9-12(18)16-14(20)17-13(9)19/h3-4,6-7H,2,5H2,1H3,(H2,16,17,18,19,20). The summed E-state index contributed by atoms with van der Waals surface area (Å²) in [6, 6.07) is 4.08. The van der Waals surface area contributed by atoms with E-state index in [0.29, 0.717) is 22.9 Å². The monoisotopic (exact) mass is 308 g/mol. The van der Waals surface area contributed by atoms with Crippen LogP contribution in [0.25, 0.3) is 6.08 Å². The number of ether oxygens (including phenoxy) is 1. The summed E-state index contributed by atoms with van der Waals surface area (Å²) in [5, 5.41) is 4.38. The van der Waals surface area contributed by atoms with Crippen LogP contribution in [0, 0.1) is 0 Å². The smallest absolute Gasteiger partial charge is 0.328 e. The summed E-state index contributed by atoms with van der Waals surface area (Å²) in [6.45, 7) is 2.53. The van der Waals surface area contributed by atoms with E-state index in [1.165, 1.54) is 6.08 Å². The molecule has 0 bridgehead atoms. The van der Waals surface area contributed by atoms with Crippen molar-refractivity contribution < 1.29 is 19.1 Å². The Morgan fingerprint density at radius 1 is 1.19 bits per heavy atom. The van der Waals surface area contributed by atoms with E-state index in [2.05, 4.69) is 0 Å². The van der Waals surface area contributed by atoms with Crippen LogP contribution in [-0.2, 0) is 9.59 Å². The molecule has 0 unspecified atom stereocenters. The Bertz CT molecular complexity index is 618. The molecule has 0 spiro atoms. The lowest BCUT2D eigenvalue weighted by Gasteiger charge is -2.14. The van der Waals surface area contributed by atoms with Gasteiger partial charge in [0.1, 0.15) is 11.3 Å². The van der Waals surface area contributed by atoms with E-state index in [9.17, 15) is 14.4 Å². The van der Waals surface area contributed by atoms with E-state index in [4.69, 9.17) is 16.3 Å². The molecule has 2 N–H and O–H groups in total. The lowest BCUT2D eigenvalue weighted by Crippen LogP contribution is -2.51. The lowest BCUT2D eigenvalue weighted by molar-refractivity contribution is -0.123. The number of urea groups is 1. The van der Waals surface area contributed by atoms with Crippen molar-refractivity contribution >= 4 is 35.5 Å². The molecule has 0 radical (unpaired) electrons. The molecule has 7 heteroatoms. The fourth-order valence-corrected chi connectivity index (χ4v) is 1.95. The van der Waals surface area contributed by atoms with Crippen molar-refractivity contribution in [2.45, 2.75) is 13.3 Å². The fraction of sp³-hybridized carbons (Fsp3) is 0.214. The first-order valence-electron chi connectivity index (χ1n) is 6.32. The topological polar surface area (TPSA) is 84.5 Å². The molecule has 0 aliphatic carbocycles. The van der Waals surface area contributed by atoms with Gasteiger partial charge >= 0.3 is 6.03 Å². The Balaban J connectivity index is 2.24. The third-order valence-corrected chi connectivity index (χ3v) is 2.97. The molecule has 1 heterocycles. The molecule has 4 amide bonds. The van der Waals surface area contributed by atoms with Gasteiger partial charge < -0.3 is 4.74 Å². The summed E-state index contributed by atoms with van der Waals surface area (Å²) in [5.41, 5.74) is 0.395. The van der Waals surface area contributed by atoms with Crippen LogP contribution in [0.2, 0.25) is 5.02 Å². The number of carbonyl (C=O) groups is 3. The molecule has 1 fully saturated rings. The summed E-state index contributed by atoms with van der Waals surface area (Å²) in [6.07, 6.45) is 2.21. The molecule has 6 nitrogen and oxygen atoms in total. The van der Waals surface area contributed by atoms with Crippen molar-refractivity contribution in [3.8, 4) is 5.75 Å². The lowest BCUT2D eigenvalue weighted by atomic mass is 10.1. The molecule has 2 rings (SSSR count). The Morgan fingerprint density at radius 2 is 1.86 bits per heavy atom. The van der Waals surface area contributed by atoms with Gasteiger partial charge in [-0.3, -0.25) is 20.2 Å². The van der Waals surface area contributed by atoms with Crippen molar-refractivity contribution in [2.75, 3.05) is 6.61 Å². The van der Waals surface area contributed by atoms with Gasteiger partial charge in [0, 0.05) is 0 Å². The van der Waals surface area contributed by atoms with Crippen LogP contribution < -0.4 is 15.4 Å². The van der Waals surface area contributed by atoms with Crippen LogP contribution in [0.1, 0.15) is 18.9 Å². The zero-order valence-corrected chi connectivity index (χ0v) is 12.0. The number of nitrogens with one attached hydrogen (secondary N) is 2. The summed E-state index contributed by atoms with van der Waals surface area (Å²) in [4.78, 5) is 34.1. The number of benzene rings is 1. The highest BCUT2D eigenvalue weighted by Crippen LogP contribution is 2.26. The summed E-state index contributed by atoms with van der Waals surface area (Å²) >= 11 is 6.07. The van der Waals surface area contributed by atoms with Crippen LogP contribution in [0.5, 0.6) is 5.75 Å². The van der Waals surface area contributed by atoms with Gasteiger partial charge in [-0.1, -0.05) is 24.6 Å². The number of carbonyl (C=O) groups excluding carboxylic acids is 3. The number of halogens is 1. The maximum Gasteiger partial charge on any atom is 0.328 e. The van der Waals surface area contributed by atoms with Crippen LogP contribution >= 0.6 is 11.6 Å². The first-order valence-corrected chi connectivity index (χ1v) is 6.69. The molecule has 1 aromatic carbocycles. The van der Waals surface area contributed by atoms with Crippen molar-refractivity contribution in [3.05, 3.63) is 34.4 Å². The number of barbiturate groups is 1. The molecule has 21 heavy (non-hydrogen) atoms. The van der Waals surface area contributed by atoms with E-state index in [-0.39, 0.29) is 5.57 Å². The van der Waals surface area contributed by atoms with Gasteiger partial charge in [0.25, 0.3) is 11.8 Å². The Hall–Kier alpha value is -2.34. The van der Waals surface area contributed by atoms with Crippen LogP contribution in [0.4, 0.5) is 4.79 Å². The van der Waals surface area contributed by atoms with E-state index in [0.717, 1.165) is 6.42 Å². The third-order valence-electron chi connectivity index (χ3n) is 2.67. The minimum Gasteiger partial charge on any atom is -0.492 e. The third kappa shape index (κ3) is 3.61. The second-order valence-electron chi connectivity index (χ2n) is 4.33. The summed E-state index contributed by atoms with van der Waals surface area (Å²) in [5.74, 6) is -0.953. The molecule has 0 aromatic heterocycles. The van der Waals surface area contributed by atoms with Gasteiger partial charge in [-0.05, 0) is 30.2 Å². The van der Waals surface area contributed by atoms with Gasteiger partial charge in [0.15, 0.2) is 0 Å². The van der Waals surface area contributed by atoms with Gasteiger partial charge in [-0.2, -0.15) is 0 Å². The quantitative estimate of drug-likeness (QED) is 0.657. The van der Waals surface area contributed by atoms with E-state index >= 15 is 0 Å². The molecule has 1 saturated heterocycles. The maximum absolute atomic E-state index is 11.6. The highest BCUT2D eigenvalue weighted by Gasteiger charge is 2.27. The average molecular weight is 309 g/mol. The second-order valence-corrected chi connectivity index (χ2v) is 4.74. The van der Waals surface area contributed by atoms with Crippen LogP contribution in [-0.4, -0.2) is 24.5 Å². The van der Waals surface area contributed by atoms with Crippen molar-refractivity contribution in [3.63, 3.8) is 0 Å². The minimum absolute atomic E-state index is 0.159. The predicted octanol–water partition coefficient (Wildman–Crippen LogP) is 1.88. The van der Waals surface area contributed by atoms with E-state index in [1.807, 2.05) is 17.6 Å². The summed E-state index contributed by atoms with van der Waals surface area (Å²) < 4.78 is 5.43.